The van der Waals surface area contributed by atoms with E-state index in [2.05, 4.69) is 28.2 Å². The molecule has 1 aliphatic heterocycles. The van der Waals surface area contributed by atoms with Gasteiger partial charge in [0.2, 0.25) is 0 Å². The maximum absolute atomic E-state index is 9.06. The number of piperidine rings is 1. The molecule has 1 aromatic heterocycles. The fraction of sp³-hybridized carbons (Fsp3) is 0.571. The lowest BCUT2D eigenvalue weighted by Crippen LogP contribution is -2.41. The van der Waals surface area contributed by atoms with Gasteiger partial charge in [-0.1, -0.05) is 6.42 Å². The first-order valence-electron chi connectivity index (χ1n) is 6.84. The summed E-state index contributed by atoms with van der Waals surface area (Å²) in [6.45, 7) is 5.35. The van der Waals surface area contributed by atoms with Crippen LogP contribution in [0.15, 0.2) is 12.3 Å². The maximum atomic E-state index is 9.06. The topological polar surface area (TPSA) is 78.0 Å². The summed E-state index contributed by atoms with van der Waals surface area (Å²) in [7, 11) is 0. The molecular formula is C14H21N5. The highest BCUT2D eigenvalue weighted by Crippen LogP contribution is 2.16. The Hall–Kier alpha value is -1.80. The van der Waals surface area contributed by atoms with Crippen LogP contribution in [0.25, 0.3) is 0 Å². The number of nitrogens with two attached hydrogens (primary N) is 1. The van der Waals surface area contributed by atoms with E-state index in [-0.39, 0.29) is 0 Å². The van der Waals surface area contributed by atoms with Crippen molar-refractivity contribution in [3.8, 4) is 6.07 Å². The van der Waals surface area contributed by atoms with Crippen molar-refractivity contribution >= 4 is 11.5 Å². The molecule has 0 bridgehead atoms. The Bertz CT molecular complexity index is 459. The molecule has 0 spiro atoms. The first-order valence-corrected chi connectivity index (χ1v) is 6.84. The molecule has 1 atom stereocenters. The zero-order valence-electron chi connectivity index (χ0n) is 11.4. The second-order valence-corrected chi connectivity index (χ2v) is 5.10. The highest BCUT2D eigenvalue weighted by Gasteiger charge is 2.16. The number of pyridine rings is 1. The number of nitriles is 1. The maximum Gasteiger partial charge on any atom is 0.144 e. The van der Waals surface area contributed by atoms with E-state index in [1.54, 1.807) is 12.3 Å². The average Bonchev–Trinajstić information content (AvgIpc) is 2.46. The smallest absolute Gasteiger partial charge is 0.144 e. The predicted octanol–water partition coefficient (Wildman–Crippen LogP) is 1.82. The number of nitrogens with one attached hydrogen (secondary N) is 1. The van der Waals surface area contributed by atoms with Gasteiger partial charge in [0.1, 0.15) is 11.9 Å². The molecule has 5 heteroatoms. The second-order valence-electron chi connectivity index (χ2n) is 5.10. The highest BCUT2D eigenvalue weighted by atomic mass is 15.2. The van der Waals surface area contributed by atoms with Crippen LogP contribution in [-0.4, -0.2) is 35.6 Å². The molecule has 1 unspecified atom stereocenters. The van der Waals surface area contributed by atoms with E-state index < -0.39 is 0 Å². The Kier molecular flexibility index (Phi) is 4.58. The van der Waals surface area contributed by atoms with Crippen molar-refractivity contribution < 1.29 is 0 Å². The summed E-state index contributed by atoms with van der Waals surface area (Å²) in [4.78, 5) is 6.67. The Balaban J connectivity index is 1.93. The van der Waals surface area contributed by atoms with Gasteiger partial charge < -0.3 is 11.1 Å². The molecule has 2 rings (SSSR count). The molecule has 0 amide bonds. The molecule has 5 nitrogen and oxygen atoms in total. The number of likely N-dealkylation sites (tertiary alicyclic amines) is 1. The van der Waals surface area contributed by atoms with Crippen molar-refractivity contribution in [2.75, 3.05) is 30.7 Å². The lowest BCUT2D eigenvalue weighted by atomic mass is 10.1. The average molecular weight is 259 g/mol. The van der Waals surface area contributed by atoms with Crippen LogP contribution in [0.5, 0.6) is 0 Å². The van der Waals surface area contributed by atoms with Crippen LogP contribution in [0.3, 0.4) is 0 Å². The van der Waals surface area contributed by atoms with Crippen molar-refractivity contribution in [2.24, 2.45) is 0 Å². The van der Waals surface area contributed by atoms with Gasteiger partial charge in [-0.25, -0.2) is 4.98 Å². The first kappa shape index (κ1) is 13.6. The van der Waals surface area contributed by atoms with Crippen LogP contribution < -0.4 is 11.1 Å². The third kappa shape index (κ3) is 3.58. The molecule has 1 saturated heterocycles. The number of hydrogen-bond acceptors (Lipinski definition) is 5. The van der Waals surface area contributed by atoms with Crippen LogP contribution in [0.2, 0.25) is 0 Å². The number of rotatable bonds is 4. The minimum Gasteiger partial charge on any atom is -0.397 e. The van der Waals surface area contributed by atoms with Gasteiger partial charge >= 0.3 is 0 Å². The summed E-state index contributed by atoms with van der Waals surface area (Å²) >= 11 is 0. The Labute approximate surface area is 114 Å². The molecule has 102 valence electrons. The summed E-state index contributed by atoms with van der Waals surface area (Å²) in [6, 6.07) is 4.22. The van der Waals surface area contributed by atoms with Gasteiger partial charge in [-0.3, -0.25) is 4.90 Å². The molecule has 1 aromatic rings. The van der Waals surface area contributed by atoms with Gasteiger partial charge in [-0.15, -0.1) is 0 Å². The second kappa shape index (κ2) is 6.39. The molecule has 3 N–H and O–H groups in total. The SMILES string of the molecule is CC(CNc1ncc(N)cc1C#N)N1CCCCC1. The van der Waals surface area contributed by atoms with E-state index in [0.717, 1.165) is 6.54 Å². The Morgan fingerprint density at radius 3 is 2.89 bits per heavy atom. The Morgan fingerprint density at radius 1 is 1.47 bits per heavy atom. The normalized spacial score (nSPS) is 17.7. The van der Waals surface area contributed by atoms with Crippen molar-refractivity contribution in [1.29, 1.82) is 5.26 Å². The molecule has 0 aliphatic carbocycles. The third-order valence-corrected chi connectivity index (χ3v) is 3.61. The number of aromatic nitrogens is 1. The molecule has 0 radical (unpaired) electrons. The number of hydrogen-bond donors (Lipinski definition) is 2. The number of nitrogens with zero attached hydrogens (tertiary/aromatic N) is 3. The quantitative estimate of drug-likeness (QED) is 0.862. The third-order valence-electron chi connectivity index (χ3n) is 3.61. The van der Waals surface area contributed by atoms with E-state index in [1.807, 2.05) is 0 Å². The summed E-state index contributed by atoms with van der Waals surface area (Å²) in [5.41, 5.74) is 6.65. The van der Waals surface area contributed by atoms with Crippen LogP contribution in [-0.2, 0) is 0 Å². The van der Waals surface area contributed by atoms with Crippen molar-refractivity contribution in [3.05, 3.63) is 17.8 Å². The zero-order valence-corrected chi connectivity index (χ0v) is 11.4. The van der Waals surface area contributed by atoms with Gasteiger partial charge in [0.15, 0.2) is 0 Å². The summed E-state index contributed by atoms with van der Waals surface area (Å²) in [5.74, 6) is 0.626. The van der Waals surface area contributed by atoms with E-state index in [4.69, 9.17) is 11.0 Å². The van der Waals surface area contributed by atoms with Gasteiger partial charge in [0.25, 0.3) is 0 Å². The molecular weight excluding hydrogens is 238 g/mol. The fourth-order valence-corrected chi connectivity index (χ4v) is 2.44. The van der Waals surface area contributed by atoms with Crippen LogP contribution in [0.4, 0.5) is 11.5 Å². The molecule has 1 fully saturated rings. The van der Waals surface area contributed by atoms with Crippen molar-refractivity contribution in [1.82, 2.24) is 9.88 Å². The standard InChI is InChI=1S/C14H21N5/c1-11(19-5-3-2-4-6-19)9-17-14-12(8-15)7-13(16)10-18-14/h7,10-11H,2-6,9,16H2,1H3,(H,17,18). The van der Waals surface area contributed by atoms with E-state index in [9.17, 15) is 0 Å². The molecule has 1 aliphatic rings. The summed E-state index contributed by atoms with van der Waals surface area (Å²) in [5, 5.41) is 12.3. The first-order chi connectivity index (χ1) is 9.20. The largest absolute Gasteiger partial charge is 0.397 e. The monoisotopic (exact) mass is 259 g/mol. The molecule has 0 saturated carbocycles. The van der Waals surface area contributed by atoms with E-state index >= 15 is 0 Å². The summed E-state index contributed by atoms with van der Waals surface area (Å²) < 4.78 is 0. The van der Waals surface area contributed by atoms with E-state index in [1.165, 1.54) is 32.4 Å². The summed E-state index contributed by atoms with van der Waals surface area (Å²) in [6.07, 6.45) is 5.49. The lowest BCUT2D eigenvalue weighted by molar-refractivity contribution is 0.180. The minimum absolute atomic E-state index is 0.450. The highest BCUT2D eigenvalue weighted by molar-refractivity contribution is 5.57. The molecule has 2 heterocycles. The lowest BCUT2D eigenvalue weighted by Gasteiger charge is -2.32. The fourth-order valence-electron chi connectivity index (χ4n) is 2.44. The number of anilines is 2. The van der Waals surface area contributed by atoms with Gasteiger partial charge in [0, 0.05) is 12.6 Å². The zero-order chi connectivity index (χ0) is 13.7. The van der Waals surface area contributed by atoms with Crippen molar-refractivity contribution in [2.45, 2.75) is 32.2 Å². The molecule has 0 aromatic carbocycles. The predicted molar refractivity (Wildman–Crippen MR) is 76.7 cm³/mol. The number of nitrogen functional groups attached to an aromatic ring is 1. The molecule has 19 heavy (non-hydrogen) atoms. The van der Waals surface area contributed by atoms with Crippen LogP contribution in [0.1, 0.15) is 31.7 Å². The van der Waals surface area contributed by atoms with Crippen LogP contribution >= 0.6 is 0 Å². The van der Waals surface area contributed by atoms with Gasteiger partial charge in [-0.2, -0.15) is 5.26 Å². The Morgan fingerprint density at radius 2 is 2.21 bits per heavy atom. The van der Waals surface area contributed by atoms with Crippen molar-refractivity contribution in [3.63, 3.8) is 0 Å². The van der Waals surface area contributed by atoms with Crippen LogP contribution in [0, 0.1) is 11.3 Å². The minimum atomic E-state index is 0.450. The van der Waals surface area contributed by atoms with E-state index in [0.29, 0.717) is 23.1 Å². The van der Waals surface area contributed by atoms with Gasteiger partial charge in [-0.05, 0) is 38.9 Å². The van der Waals surface area contributed by atoms with Gasteiger partial charge in [0.05, 0.1) is 17.4 Å².